The van der Waals surface area contributed by atoms with Crippen molar-refractivity contribution in [1.82, 2.24) is 14.7 Å². The highest BCUT2D eigenvalue weighted by atomic mass is 35.5. The van der Waals surface area contributed by atoms with Crippen molar-refractivity contribution in [3.63, 3.8) is 0 Å². The molecule has 0 radical (unpaired) electrons. The second kappa shape index (κ2) is 4.68. The van der Waals surface area contributed by atoms with Gasteiger partial charge >= 0.3 is 0 Å². The molecule has 5 nitrogen and oxygen atoms in total. The molecule has 0 atom stereocenters. The molecule has 0 aliphatic carbocycles. The van der Waals surface area contributed by atoms with Crippen molar-refractivity contribution in [2.75, 3.05) is 6.54 Å². The normalized spacial score (nSPS) is 11.6. The van der Waals surface area contributed by atoms with E-state index in [2.05, 4.69) is 14.7 Å². The molecule has 78 valence electrons. The predicted octanol–water partition coefficient (Wildman–Crippen LogP) is 0.818. The van der Waals surface area contributed by atoms with Gasteiger partial charge in [0, 0.05) is 6.54 Å². The van der Waals surface area contributed by atoms with Crippen LogP contribution in [0.3, 0.4) is 0 Å². The van der Waals surface area contributed by atoms with Gasteiger partial charge in [-0.05, 0) is 18.0 Å². The smallest absolute Gasteiger partial charge is 0.225 e. The van der Waals surface area contributed by atoms with Crippen LogP contribution in [0, 0.1) is 0 Å². The van der Waals surface area contributed by atoms with Crippen molar-refractivity contribution in [1.29, 1.82) is 0 Å². The van der Waals surface area contributed by atoms with Crippen LogP contribution < -0.4 is 4.72 Å². The summed E-state index contributed by atoms with van der Waals surface area (Å²) in [4.78, 5) is 7.20. The van der Waals surface area contributed by atoms with E-state index >= 15 is 0 Å². The van der Waals surface area contributed by atoms with Crippen LogP contribution in [0.5, 0.6) is 0 Å². The Morgan fingerprint density at radius 1 is 1.43 bits per heavy atom. The minimum atomic E-state index is -3.47. The Labute approximate surface area is 87.6 Å². The van der Waals surface area contributed by atoms with Crippen LogP contribution in [0.2, 0.25) is 5.28 Å². The Kier molecular flexibility index (Phi) is 3.79. The number of nitrogens with zero attached hydrogens (tertiary/aromatic N) is 2. The fourth-order valence-corrected chi connectivity index (χ4v) is 1.88. The van der Waals surface area contributed by atoms with Crippen molar-refractivity contribution in [3.8, 4) is 0 Å². The van der Waals surface area contributed by atoms with Crippen molar-refractivity contribution < 1.29 is 8.42 Å². The van der Waals surface area contributed by atoms with E-state index in [1.807, 2.05) is 6.92 Å². The number of rotatable bonds is 4. The molecule has 0 unspecified atom stereocenters. The summed E-state index contributed by atoms with van der Waals surface area (Å²) in [6.45, 7) is 2.27. The Bertz CT molecular complexity index is 390. The first kappa shape index (κ1) is 11.4. The molecule has 1 aromatic rings. The molecular weight excluding hydrogens is 226 g/mol. The molecule has 0 fully saturated rings. The second-order valence-electron chi connectivity index (χ2n) is 2.59. The highest BCUT2D eigenvalue weighted by Gasteiger charge is 2.13. The van der Waals surface area contributed by atoms with E-state index in [0.717, 1.165) is 6.42 Å². The average Bonchev–Trinajstić information content (AvgIpc) is 2.16. The maximum Gasteiger partial charge on any atom is 0.243 e. The lowest BCUT2D eigenvalue weighted by Crippen LogP contribution is -2.24. The maximum absolute atomic E-state index is 11.5. The molecule has 7 heteroatoms. The number of nitrogens with one attached hydrogen (secondary N) is 1. The van der Waals surface area contributed by atoms with Crippen molar-refractivity contribution in [2.24, 2.45) is 0 Å². The Hall–Kier alpha value is -0.720. The SMILES string of the molecule is CCCNS(=O)(=O)c1cnc(Cl)nc1. The molecule has 0 amide bonds. The molecule has 0 aliphatic heterocycles. The van der Waals surface area contributed by atoms with Crippen molar-refractivity contribution in [2.45, 2.75) is 18.2 Å². The van der Waals surface area contributed by atoms with E-state index in [4.69, 9.17) is 11.6 Å². The number of halogens is 1. The molecule has 0 saturated carbocycles. The molecular formula is C7H10ClN3O2S. The molecule has 0 bridgehead atoms. The van der Waals surface area contributed by atoms with Crippen LogP contribution in [0.25, 0.3) is 0 Å². The lowest BCUT2D eigenvalue weighted by Gasteiger charge is -2.03. The van der Waals surface area contributed by atoms with Gasteiger partial charge in [0.05, 0.1) is 12.4 Å². The number of sulfonamides is 1. The fraction of sp³-hybridized carbons (Fsp3) is 0.429. The van der Waals surface area contributed by atoms with Gasteiger partial charge in [-0.3, -0.25) is 0 Å². The highest BCUT2D eigenvalue weighted by molar-refractivity contribution is 7.89. The zero-order valence-corrected chi connectivity index (χ0v) is 9.14. The van der Waals surface area contributed by atoms with Crippen LogP contribution >= 0.6 is 11.6 Å². The Morgan fingerprint density at radius 2 is 2.00 bits per heavy atom. The predicted molar refractivity (Wildman–Crippen MR) is 52.5 cm³/mol. The van der Waals surface area contributed by atoms with Gasteiger partial charge in [0.2, 0.25) is 15.3 Å². The molecule has 1 heterocycles. The molecule has 0 aliphatic rings. The van der Waals surface area contributed by atoms with Crippen LogP contribution in [-0.4, -0.2) is 24.9 Å². The van der Waals surface area contributed by atoms with Gasteiger partial charge in [0.15, 0.2) is 0 Å². The van der Waals surface area contributed by atoms with E-state index in [-0.39, 0.29) is 10.2 Å². The lowest BCUT2D eigenvalue weighted by atomic mass is 10.5. The fourth-order valence-electron chi connectivity index (χ4n) is 0.759. The number of hydrogen-bond acceptors (Lipinski definition) is 4. The third kappa shape index (κ3) is 2.90. The Morgan fingerprint density at radius 3 is 2.50 bits per heavy atom. The van der Waals surface area contributed by atoms with Gasteiger partial charge in [-0.15, -0.1) is 0 Å². The Balaban J connectivity index is 2.87. The van der Waals surface area contributed by atoms with Crippen molar-refractivity contribution in [3.05, 3.63) is 17.7 Å². The van der Waals surface area contributed by atoms with Gasteiger partial charge in [-0.2, -0.15) is 0 Å². The quantitative estimate of drug-likeness (QED) is 0.785. The van der Waals surface area contributed by atoms with E-state index < -0.39 is 10.0 Å². The van der Waals surface area contributed by atoms with Crippen LogP contribution in [0.15, 0.2) is 17.3 Å². The summed E-state index contributed by atoms with van der Waals surface area (Å²) >= 11 is 5.43. The highest BCUT2D eigenvalue weighted by Crippen LogP contribution is 2.06. The number of hydrogen-bond donors (Lipinski definition) is 1. The van der Waals surface area contributed by atoms with Crippen LogP contribution in [-0.2, 0) is 10.0 Å². The molecule has 14 heavy (non-hydrogen) atoms. The summed E-state index contributed by atoms with van der Waals surface area (Å²) < 4.78 is 25.3. The first-order valence-electron chi connectivity index (χ1n) is 4.03. The van der Waals surface area contributed by atoms with Gasteiger partial charge in [0.1, 0.15) is 4.90 Å². The molecule has 0 aromatic carbocycles. The molecule has 1 aromatic heterocycles. The van der Waals surface area contributed by atoms with Gasteiger partial charge in [-0.25, -0.2) is 23.1 Å². The summed E-state index contributed by atoms with van der Waals surface area (Å²) in [6, 6.07) is 0. The van der Waals surface area contributed by atoms with Crippen LogP contribution in [0.4, 0.5) is 0 Å². The molecule has 0 saturated heterocycles. The summed E-state index contributed by atoms with van der Waals surface area (Å²) in [5.74, 6) is 0. The summed E-state index contributed by atoms with van der Waals surface area (Å²) in [7, 11) is -3.47. The summed E-state index contributed by atoms with van der Waals surface area (Å²) in [5.41, 5.74) is 0. The largest absolute Gasteiger partial charge is 0.243 e. The standard InChI is InChI=1S/C7H10ClN3O2S/c1-2-3-11-14(12,13)6-4-9-7(8)10-5-6/h4-5,11H,2-3H2,1H3. The van der Waals surface area contributed by atoms with E-state index in [1.165, 1.54) is 12.4 Å². The monoisotopic (exact) mass is 235 g/mol. The van der Waals surface area contributed by atoms with E-state index in [0.29, 0.717) is 6.54 Å². The first-order chi connectivity index (χ1) is 6.56. The molecule has 0 spiro atoms. The van der Waals surface area contributed by atoms with Gasteiger partial charge < -0.3 is 0 Å². The number of aromatic nitrogens is 2. The zero-order valence-electron chi connectivity index (χ0n) is 7.57. The van der Waals surface area contributed by atoms with E-state index in [9.17, 15) is 8.42 Å². The first-order valence-corrected chi connectivity index (χ1v) is 5.89. The average molecular weight is 236 g/mol. The maximum atomic E-state index is 11.5. The third-order valence-electron chi connectivity index (χ3n) is 1.45. The summed E-state index contributed by atoms with van der Waals surface area (Å²) in [5, 5.41) is 0.0273. The molecule has 1 rings (SSSR count). The van der Waals surface area contributed by atoms with Crippen LogP contribution in [0.1, 0.15) is 13.3 Å². The molecule has 1 N–H and O–H groups in total. The second-order valence-corrected chi connectivity index (χ2v) is 4.69. The van der Waals surface area contributed by atoms with Crippen molar-refractivity contribution >= 4 is 21.6 Å². The minimum absolute atomic E-state index is 0.0235. The topological polar surface area (TPSA) is 72.0 Å². The van der Waals surface area contributed by atoms with Gasteiger partial charge in [0.25, 0.3) is 0 Å². The summed E-state index contributed by atoms with van der Waals surface area (Å²) in [6.07, 6.45) is 3.08. The van der Waals surface area contributed by atoms with Gasteiger partial charge in [-0.1, -0.05) is 6.92 Å². The third-order valence-corrected chi connectivity index (χ3v) is 3.06. The minimum Gasteiger partial charge on any atom is -0.225 e. The van der Waals surface area contributed by atoms with E-state index in [1.54, 1.807) is 0 Å². The zero-order chi connectivity index (χ0) is 10.6. The lowest BCUT2D eigenvalue weighted by molar-refractivity contribution is 0.580.